The molecule has 8 nitrogen and oxygen atoms in total. The smallest absolute Gasteiger partial charge is 0.394 e. The standard InChI is InChI=1S/C30H34F3N3O5S/c1-3-42(39,40)26-11-8-22(9-12-26)27(17-37)35-29(38)23-10-13-28(34-15-23)36-16-24(21-6-4-20(2)5-7-21)14-25(36)18-41-19-30(31,32)33/h4-13,15,24-25,27,37H,3,14,16-19H2,1-2H3,(H,35,38)/t24?,25-,27-/m0/s1. The highest BCUT2D eigenvalue weighted by Gasteiger charge is 2.35. The average Bonchev–Trinajstić information content (AvgIpc) is 3.39. The van der Waals surface area contributed by atoms with Crippen molar-refractivity contribution in [1.82, 2.24) is 10.3 Å². The average molecular weight is 606 g/mol. The van der Waals surface area contributed by atoms with Crippen molar-refractivity contribution in [2.75, 3.05) is 37.0 Å². The molecule has 1 saturated heterocycles. The summed E-state index contributed by atoms with van der Waals surface area (Å²) in [6.45, 7) is 2.19. The first kappa shape index (κ1) is 31.5. The Kier molecular flexibility index (Phi) is 9.90. The summed E-state index contributed by atoms with van der Waals surface area (Å²) in [5.41, 5.74) is 2.95. The SMILES string of the molecule is CCS(=O)(=O)c1ccc([C@H](CO)NC(=O)c2ccc(N3CC(c4ccc(C)cc4)C[C@H]3COCC(F)(F)F)nc2)cc1. The maximum atomic E-state index is 13.0. The molecule has 1 unspecified atom stereocenters. The van der Waals surface area contributed by atoms with E-state index in [0.29, 0.717) is 24.3 Å². The van der Waals surface area contributed by atoms with Crippen LogP contribution >= 0.6 is 0 Å². The summed E-state index contributed by atoms with van der Waals surface area (Å²) >= 11 is 0. The molecule has 1 aromatic heterocycles. The van der Waals surface area contributed by atoms with Crippen LogP contribution in [-0.4, -0.2) is 68.8 Å². The van der Waals surface area contributed by atoms with Crippen LogP contribution < -0.4 is 10.2 Å². The summed E-state index contributed by atoms with van der Waals surface area (Å²) in [6, 6.07) is 16.1. The highest BCUT2D eigenvalue weighted by Crippen LogP contribution is 2.35. The molecule has 2 aromatic carbocycles. The van der Waals surface area contributed by atoms with Gasteiger partial charge in [-0.2, -0.15) is 13.2 Å². The van der Waals surface area contributed by atoms with E-state index in [1.807, 2.05) is 36.1 Å². The van der Waals surface area contributed by atoms with Crippen LogP contribution in [0.25, 0.3) is 0 Å². The molecule has 1 amide bonds. The van der Waals surface area contributed by atoms with Crippen LogP contribution in [-0.2, 0) is 14.6 Å². The number of carbonyl (C=O) groups excluding carboxylic acids is 1. The van der Waals surface area contributed by atoms with Gasteiger partial charge in [0.1, 0.15) is 12.4 Å². The van der Waals surface area contributed by atoms with Crippen molar-refractivity contribution in [3.05, 3.63) is 89.1 Å². The summed E-state index contributed by atoms with van der Waals surface area (Å²) in [6.07, 6.45) is -2.46. The van der Waals surface area contributed by atoms with Crippen LogP contribution in [0, 0.1) is 6.92 Å². The predicted octanol–water partition coefficient (Wildman–Crippen LogP) is 4.59. The Morgan fingerprint density at radius 3 is 2.38 bits per heavy atom. The molecule has 12 heteroatoms. The van der Waals surface area contributed by atoms with E-state index >= 15 is 0 Å². The van der Waals surface area contributed by atoms with Gasteiger partial charge in [-0.05, 0) is 48.7 Å². The number of aliphatic hydroxyl groups excluding tert-OH is 1. The molecule has 3 aromatic rings. The third-order valence-electron chi connectivity index (χ3n) is 7.35. The number of rotatable bonds is 11. The fourth-order valence-electron chi connectivity index (χ4n) is 4.99. The van der Waals surface area contributed by atoms with Gasteiger partial charge in [0.05, 0.1) is 41.5 Å². The number of ether oxygens (including phenoxy) is 1. The number of anilines is 1. The number of nitrogens with zero attached hydrogens (tertiary/aromatic N) is 2. The lowest BCUT2D eigenvalue weighted by molar-refractivity contribution is -0.174. The molecule has 1 aliphatic rings. The first-order chi connectivity index (χ1) is 19.9. The van der Waals surface area contributed by atoms with Crippen LogP contribution in [0.1, 0.15) is 52.4 Å². The Morgan fingerprint density at radius 1 is 1.12 bits per heavy atom. The number of nitrogens with one attached hydrogen (secondary N) is 1. The van der Waals surface area contributed by atoms with Gasteiger partial charge in [0.15, 0.2) is 9.84 Å². The fraction of sp³-hybridized carbons (Fsp3) is 0.400. The molecule has 0 bridgehead atoms. The van der Waals surface area contributed by atoms with Crippen molar-refractivity contribution in [2.45, 2.75) is 49.3 Å². The Bertz CT molecular complexity index is 1450. The minimum absolute atomic E-state index is 0.0408. The molecule has 0 saturated carbocycles. The second kappa shape index (κ2) is 13.2. The first-order valence-corrected chi connectivity index (χ1v) is 15.2. The number of hydrogen-bond acceptors (Lipinski definition) is 7. The monoisotopic (exact) mass is 605 g/mol. The molecule has 0 spiro atoms. The quantitative estimate of drug-likeness (QED) is 0.329. The molecule has 1 fully saturated rings. The lowest BCUT2D eigenvalue weighted by atomic mass is 9.96. The molecular weight excluding hydrogens is 571 g/mol. The van der Waals surface area contributed by atoms with E-state index in [0.717, 1.165) is 11.1 Å². The Hall–Kier alpha value is -3.48. The summed E-state index contributed by atoms with van der Waals surface area (Å²) in [4.78, 5) is 19.5. The third-order valence-corrected chi connectivity index (χ3v) is 9.10. The largest absolute Gasteiger partial charge is 0.411 e. The van der Waals surface area contributed by atoms with E-state index in [-0.39, 0.29) is 34.8 Å². The summed E-state index contributed by atoms with van der Waals surface area (Å²) in [5.74, 6) is 0.0374. The molecule has 1 aliphatic heterocycles. The van der Waals surface area contributed by atoms with Gasteiger partial charge in [0, 0.05) is 18.7 Å². The molecular formula is C30H34F3N3O5S. The lowest BCUT2D eigenvalue weighted by Crippen LogP contribution is -2.35. The maximum absolute atomic E-state index is 13.0. The molecule has 4 rings (SSSR count). The van der Waals surface area contributed by atoms with E-state index < -0.39 is 41.2 Å². The topological polar surface area (TPSA) is 109 Å². The van der Waals surface area contributed by atoms with E-state index in [4.69, 9.17) is 4.74 Å². The fourth-order valence-corrected chi connectivity index (χ4v) is 5.87. The lowest BCUT2D eigenvalue weighted by Gasteiger charge is -2.26. The third kappa shape index (κ3) is 7.87. The van der Waals surface area contributed by atoms with E-state index in [1.165, 1.54) is 18.3 Å². The second-order valence-electron chi connectivity index (χ2n) is 10.4. The number of sulfone groups is 1. The maximum Gasteiger partial charge on any atom is 0.411 e. The number of aryl methyl sites for hydroxylation is 1. The van der Waals surface area contributed by atoms with Crippen LogP contribution in [0.3, 0.4) is 0 Å². The van der Waals surface area contributed by atoms with Crippen LogP contribution in [0.5, 0.6) is 0 Å². The van der Waals surface area contributed by atoms with E-state index in [9.17, 15) is 31.5 Å². The number of alkyl halides is 3. The minimum atomic E-state index is -4.42. The predicted molar refractivity (Wildman–Crippen MR) is 152 cm³/mol. The van der Waals surface area contributed by atoms with Gasteiger partial charge in [0.2, 0.25) is 0 Å². The number of benzene rings is 2. The number of pyridine rings is 1. The zero-order valence-corrected chi connectivity index (χ0v) is 24.2. The van der Waals surface area contributed by atoms with Crippen LogP contribution in [0.15, 0.2) is 71.8 Å². The van der Waals surface area contributed by atoms with Crippen molar-refractivity contribution < 1.29 is 36.2 Å². The van der Waals surface area contributed by atoms with Crippen molar-refractivity contribution in [3.63, 3.8) is 0 Å². The number of carbonyl (C=O) groups is 1. The minimum Gasteiger partial charge on any atom is -0.394 e. The summed E-state index contributed by atoms with van der Waals surface area (Å²) in [5, 5.41) is 12.6. The summed E-state index contributed by atoms with van der Waals surface area (Å²) < 4.78 is 67.3. The van der Waals surface area contributed by atoms with E-state index in [1.54, 1.807) is 31.2 Å². The zero-order chi connectivity index (χ0) is 30.5. The Morgan fingerprint density at radius 2 is 1.81 bits per heavy atom. The number of amides is 1. The molecule has 0 aliphatic carbocycles. The zero-order valence-electron chi connectivity index (χ0n) is 23.3. The highest BCUT2D eigenvalue weighted by atomic mass is 32.2. The van der Waals surface area contributed by atoms with Gasteiger partial charge in [-0.15, -0.1) is 0 Å². The first-order valence-electron chi connectivity index (χ1n) is 13.6. The molecule has 0 radical (unpaired) electrons. The van der Waals surface area contributed by atoms with E-state index in [2.05, 4.69) is 10.3 Å². The number of aliphatic hydroxyl groups is 1. The van der Waals surface area contributed by atoms with Crippen molar-refractivity contribution in [3.8, 4) is 0 Å². The highest BCUT2D eigenvalue weighted by molar-refractivity contribution is 7.91. The van der Waals surface area contributed by atoms with Crippen molar-refractivity contribution >= 4 is 21.6 Å². The Labute approximate surface area is 243 Å². The number of halogens is 3. The van der Waals surface area contributed by atoms with Gasteiger partial charge < -0.3 is 20.1 Å². The molecule has 226 valence electrons. The van der Waals surface area contributed by atoms with Gasteiger partial charge in [0.25, 0.3) is 5.91 Å². The molecule has 2 heterocycles. The van der Waals surface area contributed by atoms with Crippen molar-refractivity contribution in [2.24, 2.45) is 0 Å². The van der Waals surface area contributed by atoms with Gasteiger partial charge >= 0.3 is 6.18 Å². The number of hydrogen-bond donors (Lipinski definition) is 2. The normalized spacial score (nSPS) is 18.2. The molecule has 42 heavy (non-hydrogen) atoms. The van der Waals surface area contributed by atoms with Gasteiger partial charge in [-0.25, -0.2) is 13.4 Å². The number of aromatic nitrogens is 1. The van der Waals surface area contributed by atoms with Crippen LogP contribution in [0.2, 0.25) is 0 Å². The molecule has 2 N–H and O–H groups in total. The van der Waals surface area contributed by atoms with Crippen molar-refractivity contribution in [1.29, 1.82) is 0 Å². The summed E-state index contributed by atoms with van der Waals surface area (Å²) in [7, 11) is -3.38. The van der Waals surface area contributed by atoms with Crippen LogP contribution in [0.4, 0.5) is 19.0 Å². The molecule has 3 atom stereocenters. The van der Waals surface area contributed by atoms with Gasteiger partial charge in [-0.3, -0.25) is 4.79 Å². The van der Waals surface area contributed by atoms with Gasteiger partial charge in [-0.1, -0.05) is 48.9 Å². The Balaban J connectivity index is 1.46. The second-order valence-corrected chi connectivity index (χ2v) is 12.6.